The highest BCUT2D eigenvalue weighted by Crippen LogP contribution is 2.33. The number of nitro benzene ring substituents is 1. The Hall–Kier alpha value is -3.22. The van der Waals surface area contributed by atoms with E-state index in [1.54, 1.807) is 46.2 Å². The average Bonchev–Trinajstić information content (AvgIpc) is 3.12. The first-order valence-electron chi connectivity index (χ1n) is 8.51. The van der Waals surface area contributed by atoms with Crippen LogP contribution in [0, 0.1) is 10.1 Å². The van der Waals surface area contributed by atoms with Gasteiger partial charge in [0.2, 0.25) is 5.91 Å². The number of rotatable bonds is 3. The molecule has 132 valence electrons. The fourth-order valence-corrected chi connectivity index (χ4v) is 3.68. The van der Waals surface area contributed by atoms with Gasteiger partial charge < -0.3 is 9.80 Å². The number of hydrogen-bond donors (Lipinski definition) is 0. The van der Waals surface area contributed by atoms with E-state index in [9.17, 15) is 19.7 Å². The molecule has 4 rings (SSSR count). The van der Waals surface area contributed by atoms with E-state index in [0.29, 0.717) is 24.2 Å². The van der Waals surface area contributed by atoms with Crippen molar-refractivity contribution >= 4 is 23.2 Å². The third-order valence-corrected chi connectivity index (χ3v) is 4.98. The van der Waals surface area contributed by atoms with E-state index in [2.05, 4.69) is 0 Å². The summed E-state index contributed by atoms with van der Waals surface area (Å²) in [6.07, 6.45) is 1.48. The van der Waals surface area contributed by atoms with Crippen LogP contribution in [0.3, 0.4) is 0 Å². The number of para-hydroxylation sites is 1. The van der Waals surface area contributed by atoms with Crippen LogP contribution in [0.4, 0.5) is 11.4 Å². The lowest BCUT2D eigenvalue weighted by molar-refractivity contribution is -0.384. The third-order valence-electron chi connectivity index (χ3n) is 4.98. The monoisotopic (exact) mass is 351 g/mol. The van der Waals surface area contributed by atoms with Crippen molar-refractivity contribution in [2.24, 2.45) is 0 Å². The van der Waals surface area contributed by atoms with E-state index in [1.165, 1.54) is 12.1 Å². The Kier molecular flexibility index (Phi) is 3.91. The van der Waals surface area contributed by atoms with Crippen LogP contribution < -0.4 is 4.90 Å². The highest BCUT2D eigenvalue weighted by Gasteiger charge is 2.41. The zero-order valence-electron chi connectivity index (χ0n) is 14.0. The van der Waals surface area contributed by atoms with Gasteiger partial charge in [0.05, 0.1) is 22.7 Å². The highest BCUT2D eigenvalue weighted by molar-refractivity contribution is 6.11. The van der Waals surface area contributed by atoms with Gasteiger partial charge in [-0.1, -0.05) is 24.3 Å². The van der Waals surface area contributed by atoms with Crippen LogP contribution >= 0.6 is 0 Å². The molecule has 0 spiro atoms. The van der Waals surface area contributed by atoms with E-state index >= 15 is 0 Å². The van der Waals surface area contributed by atoms with Crippen molar-refractivity contribution in [3.63, 3.8) is 0 Å². The van der Waals surface area contributed by atoms with Crippen molar-refractivity contribution in [3.8, 4) is 0 Å². The maximum absolute atomic E-state index is 13.1. The van der Waals surface area contributed by atoms with Crippen LogP contribution in [0.1, 0.15) is 28.8 Å². The van der Waals surface area contributed by atoms with Crippen molar-refractivity contribution < 1.29 is 14.5 Å². The molecule has 26 heavy (non-hydrogen) atoms. The lowest BCUT2D eigenvalue weighted by atomic mass is 10.1. The lowest BCUT2D eigenvalue weighted by Crippen LogP contribution is -2.44. The van der Waals surface area contributed by atoms with Gasteiger partial charge in [0, 0.05) is 18.7 Å². The van der Waals surface area contributed by atoms with Gasteiger partial charge in [-0.15, -0.1) is 0 Å². The largest absolute Gasteiger partial charge is 0.327 e. The van der Waals surface area contributed by atoms with Crippen LogP contribution in [-0.2, 0) is 11.3 Å². The van der Waals surface area contributed by atoms with Crippen LogP contribution in [0.5, 0.6) is 0 Å². The number of benzene rings is 2. The van der Waals surface area contributed by atoms with Crippen LogP contribution in [-0.4, -0.2) is 34.2 Å². The van der Waals surface area contributed by atoms with Gasteiger partial charge in [0.15, 0.2) is 0 Å². The minimum Gasteiger partial charge on any atom is -0.327 e. The molecule has 0 radical (unpaired) electrons. The molecule has 2 aromatic carbocycles. The lowest BCUT2D eigenvalue weighted by Gasteiger charge is -2.26. The van der Waals surface area contributed by atoms with Crippen LogP contribution in [0.2, 0.25) is 0 Å². The fraction of sp³-hybridized carbons (Fsp3) is 0.263. The minimum absolute atomic E-state index is 0.00786. The summed E-state index contributed by atoms with van der Waals surface area (Å²) in [4.78, 5) is 39.7. The van der Waals surface area contributed by atoms with Crippen LogP contribution in [0.15, 0.2) is 48.5 Å². The Morgan fingerprint density at radius 1 is 1.08 bits per heavy atom. The first kappa shape index (κ1) is 16.3. The summed E-state index contributed by atoms with van der Waals surface area (Å²) in [7, 11) is 0. The van der Waals surface area contributed by atoms with Gasteiger partial charge in [-0.3, -0.25) is 19.7 Å². The molecule has 0 N–H and O–H groups in total. The first-order chi connectivity index (χ1) is 12.6. The quantitative estimate of drug-likeness (QED) is 0.629. The predicted octanol–water partition coefficient (Wildman–Crippen LogP) is 2.75. The van der Waals surface area contributed by atoms with E-state index in [0.717, 1.165) is 12.0 Å². The standard InChI is InChI=1S/C19H17N3O4/c23-18-15-4-1-2-5-16(15)21(19(24)17-6-3-11-20(17)18)12-13-7-9-14(10-8-13)22(25)26/h1-2,4-5,7-10,17H,3,6,11-12H2/t17-/m0/s1. The molecule has 1 saturated heterocycles. The Bertz CT molecular complexity index is 894. The number of carbonyl (C=O) groups excluding carboxylic acids is 2. The van der Waals surface area contributed by atoms with Crippen molar-refractivity contribution in [1.29, 1.82) is 0 Å². The highest BCUT2D eigenvalue weighted by atomic mass is 16.6. The number of fused-ring (bicyclic) bond motifs is 2. The van der Waals surface area contributed by atoms with Gasteiger partial charge in [0.1, 0.15) is 6.04 Å². The van der Waals surface area contributed by atoms with Gasteiger partial charge >= 0.3 is 0 Å². The van der Waals surface area contributed by atoms with Crippen molar-refractivity contribution in [3.05, 3.63) is 69.8 Å². The smallest absolute Gasteiger partial charge is 0.269 e. The second-order valence-electron chi connectivity index (χ2n) is 6.52. The SMILES string of the molecule is O=C1[C@@H]2CCCN2C(=O)c2ccccc2N1Cc1ccc([N+](=O)[O-])cc1. The Labute approximate surface area is 150 Å². The molecular weight excluding hydrogens is 334 g/mol. The number of amides is 2. The summed E-state index contributed by atoms with van der Waals surface area (Å²) < 4.78 is 0. The van der Waals surface area contributed by atoms with Crippen molar-refractivity contribution in [2.45, 2.75) is 25.4 Å². The summed E-state index contributed by atoms with van der Waals surface area (Å²) in [5, 5.41) is 10.8. The molecule has 2 aromatic rings. The average molecular weight is 351 g/mol. The summed E-state index contributed by atoms with van der Waals surface area (Å²) in [5.41, 5.74) is 1.90. The molecule has 0 aliphatic carbocycles. The third kappa shape index (κ3) is 2.61. The number of carbonyl (C=O) groups is 2. The molecule has 7 nitrogen and oxygen atoms in total. The Morgan fingerprint density at radius 2 is 1.81 bits per heavy atom. The molecule has 1 atom stereocenters. The van der Waals surface area contributed by atoms with Gasteiger partial charge in [-0.2, -0.15) is 0 Å². The predicted molar refractivity (Wildman–Crippen MR) is 94.8 cm³/mol. The maximum Gasteiger partial charge on any atom is 0.269 e. The van der Waals surface area contributed by atoms with Gasteiger partial charge in [-0.05, 0) is 30.5 Å². The zero-order valence-corrected chi connectivity index (χ0v) is 14.0. The summed E-state index contributed by atoms with van der Waals surface area (Å²) in [5.74, 6) is -0.207. The first-order valence-corrected chi connectivity index (χ1v) is 8.51. The van der Waals surface area contributed by atoms with Crippen molar-refractivity contribution in [2.75, 3.05) is 11.4 Å². The Morgan fingerprint density at radius 3 is 2.54 bits per heavy atom. The van der Waals surface area contributed by atoms with Gasteiger partial charge in [-0.25, -0.2) is 0 Å². The number of non-ortho nitro benzene ring substituents is 1. The van der Waals surface area contributed by atoms with E-state index in [-0.39, 0.29) is 24.0 Å². The molecule has 7 heteroatoms. The van der Waals surface area contributed by atoms with Gasteiger partial charge in [0.25, 0.3) is 11.6 Å². The summed E-state index contributed by atoms with van der Waals surface area (Å²) in [6.45, 7) is 0.862. The van der Waals surface area contributed by atoms with Crippen molar-refractivity contribution in [1.82, 2.24) is 4.90 Å². The fourth-order valence-electron chi connectivity index (χ4n) is 3.68. The molecule has 0 unspecified atom stereocenters. The zero-order chi connectivity index (χ0) is 18.3. The van der Waals surface area contributed by atoms with E-state index in [4.69, 9.17) is 0 Å². The Balaban J connectivity index is 1.73. The topological polar surface area (TPSA) is 83.8 Å². The second kappa shape index (κ2) is 6.25. The second-order valence-corrected chi connectivity index (χ2v) is 6.52. The van der Waals surface area contributed by atoms with E-state index in [1.807, 2.05) is 0 Å². The molecule has 2 aliphatic rings. The molecule has 0 aromatic heterocycles. The molecule has 0 saturated carbocycles. The molecule has 2 heterocycles. The molecule has 2 amide bonds. The summed E-state index contributed by atoms with van der Waals surface area (Å²) >= 11 is 0. The number of nitro groups is 1. The molecule has 1 fully saturated rings. The van der Waals surface area contributed by atoms with E-state index < -0.39 is 11.0 Å². The number of anilines is 1. The molecular formula is C19H17N3O4. The maximum atomic E-state index is 13.1. The molecule has 0 bridgehead atoms. The number of hydrogen-bond acceptors (Lipinski definition) is 4. The summed E-state index contributed by atoms with van der Waals surface area (Å²) in [6, 6.07) is 12.8. The number of nitrogens with zero attached hydrogens (tertiary/aromatic N) is 3. The normalized spacial score (nSPS) is 19.2. The molecule has 2 aliphatic heterocycles. The minimum atomic E-state index is -0.453. The van der Waals surface area contributed by atoms with Crippen LogP contribution in [0.25, 0.3) is 0 Å².